The summed E-state index contributed by atoms with van der Waals surface area (Å²) in [6.45, 7) is 0. The summed E-state index contributed by atoms with van der Waals surface area (Å²) in [6, 6.07) is 7.62. The van der Waals surface area contributed by atoms with Crippen molar-refractivity contribution in [3.05, 3.63) is 24.3 Å². The molecule has 134 valence electrons. The number of hydrogen-bond acceptors (Lipinski definition) is 3. The number of para-hydroxylation sites is 1. The zero-order valence-corrected chi connectivity index (χ0v) is 15.7. The van der Waals surface area contributed by atoms with E-state index in [0.717, 1.165) is 22.4 Å². The standard InChI is InChI=1S/C20H26N2O2S/c1-22(2)20(24)25-17-6-4-3-5-16(17)21-19(23)18-14-8-12-7-13(10-14)11-15(18)9-12/h3-6,12-15,18H,7-11H2,1-2H3,(H,21,23). The minimum atomic E-state index is -0.0312. The maximum absolute atomic E-state index is 13.1. The molecule has 2 amide bonds. The Labute approximate surface area is 153 Å². The van der Waals surface area contributed by atoms with Gasteiger partial charge in [-0.1, -0.05) is 12.1 Å². The van der Waals surface area contributed by atoms with Crippen molar-refractivity contribution in [3.8, 4) is 0 Å². The van der Waals surface area contributed by atoms with Gasteiger partial charge in [0.1, 0.15) is 0 Å². The van der Waals surface area contributed by atoms with Crippen LogP contribution in [0.15, 0.2) is 29.2 Å². The zero-order valence-electron chi connectivity index (χ0n) is 14.9. The average Bonchev–Trinajstić information content (AvgIpc) is 2.55. The molecule has 0 aliphatic heterocycles. The number of carbonyl (C=O) groups is 2. The van der Waals surface area contributed by atoms with Crippen molar-refractivity contribution in [2.45, 2.75) is 37.0 Å². The molecule has 0 heterocycles. The molecule has 1 aromatic rings. The molecule has 4 nitrogen and oxygen atoms in total. The van der Waals surface area contributed by atoms with Gasteiger partial charge < -0.3 is 10.2 Å². The lowest BCUT2D eigenvalue weighted by atomic mass is 9.51. The van der Waals surface area contributed by atoms with Crippen LogP contribution in [-0.2, 0) is 4.79 Å². The molecular weight excluding hydrogens is 332 g/mol. The number of hydrogen-bond donors (Lipinski definition) is 1. The fraction of sp³-hybridized carbons (Fsp3) is 0.600. The molecule has 0 spiro atoms. The molecule has 1 aromatic carbocycles. The second-order valence-electron chi connectivity index (χ2n) is 8.20. The van der Waals surface area contributed by atoms with Gasteiger partial charge in [-0.25, -0.2) is 0 Å². The maximum Gasteiger partial charge on any atom is 0.286 e. The van der Waals surface area contributed by atoms with Crippen molar-refractivity contribution in [2.24, 2.45) is 29.6 Å². The van der Waals surface area contributed by atoms with Gasteiger partial charge in [0, 0.05) is 24.9 Å². The van der Waals surface area contributed by atoms with Crippen LogP contribution >= 0.6 is 11.8 Å². The molecular formula is C20H26N2O2S. The van der Waals surface area contributed by atoms with E-state index in [-0.39, 0.29) is 17.1 Å². The van der Waals surface area contributed by atoms with Crippen LogP contribution in [0.25, 0.3) is 0 Å². The topological polar surface area (TPSA) is 49.4 Å². The summed E-state index contributed by atoms with van der Waals surface area (Å²) in [4.78, 5) is 27.5. The van der Waals surface area contributed by atoms with Gasteiger partial charge >= 0.3 is 0 Å². The first kappa shape index (κ1) is 17.0. The molecule has 4 bridgehead atoms. The van der Waals surface area contributed by atoms with E-state index in [4.69, 9.17) is 0 Å². The molecule has 4 fully saturated rings. The van der Waals surface area contributed by atoms with Crippen molar-refractivity contribution in [1.29, 1.82) is 0 Å². The van der Waals surface area contributed by atoms with E-state index in [0.29, 0.717) is 11.8 Å². The van der Waals surface area contributed by atoms with E-state index in [1.807, 2.05) is 24.3 Å². The minimum absolute atomic E-state index is 0.0312. The van der Waals surface area contributed by atoms with E-state index in [9.17, 15) is 9.59 Å². The summed E-state index contributed by atoms with van der Waals surface area (Å²) in [5.74, 6) is 3.20. The lowest BCUT2D eigenvalue weighted by Gasteiger charge is -2.53. The maximum atomic E-state index is 13.1. The number of amides is 2. The van der Waals surface area contributed by atoms with Crippen molar-refractivity contribution in [1.82, 2.24) is 4.90 Å². The lowest BCUT2D eigenvalue weighted by Crippen LogP contribution is -2.49. The third-order valence-electron chi connectivity index (χ3n) is 6.24. The van der Waals surface area contributed by atoms with Gasteiger partial charge in [-0.05, 0) is 79.7 Å². The van der Waals surface area contributed by atoms with Gasteiger partial charge in [0.05, 0.1) is 5.69 Å². The van der Waals surface area contributed by atoms with Crippen molar-refractivity contribution >= 4 is 28.6 Å². The number of benzene rings is 1. The molecule has 0 unspecified atom stereocenters. The Morgan fingerprint density at radius 1 is 1.00 bits per heavy atom. The third-order valence-corrected chi connectivity index (χ3v) is 7.35. The van der Waals surface area contributed by atoms with Gasteiger partial charge in [-0.3, -0.25) is 9.59 Å². The van der Waals surface area contributed by atoms with Gasteiger partial charge in [0.15, 0.2) is 0 Å². The van der Waals surface area contributed by atoms with Crippen molar-refractivity contribution < 1.29 is 9.59 Å². The molecule has 25 heavy (non-hydrogen) atoms. The molecule has 0 aromatic heterocycles. The summed E-state index contributed by atoms with van der Waals surface area (Å²) >= 11 is 1.17. The number of thioether (sulfide) groups is 1. The highest BCUT2D eigenvalue weighted by molar-refractivity contribution is 8.13. The molecule has 0 radical (unpaired) electrons. The summed E-state index contributed by atoms with van der Waals surface area (Å²) in [5, 5.41) is 3.12. The Balaban J connectivity index is 1.49. The summed E-state index contributed by atoms with van der Waals surface area (Å²) in [6.07, 6.45) is 6.34. The van der Waals surface area contributed by atoms with Crippen LogP contribution < -0.4 is 5.32 Å². The quantitative estimate of drug-likeness (QED) is 0.811. The first-order chi connectivity index (χ1) is 12.0. The van der Waals surface area contributed by atoms with Crippen LogP contribution in [0.3, 0.4) is 0 Å². The molecule has 5 heteroatoms. The minimum Gasteiger partial charge on any atom is -0.339 e. The molecule has 4 saturated carbocycles. The lowest BCUT2D eigenvalue weighted by molar-refractivity contribution is -0.132. The van der Waals surface area contributed by atoms with Gasteiger partial charge in [0.25, 0.3) is 5.24 Å². The normalized spacial score (nSPS) is 32.5. The Hall–Kier alpha value is -1.49. The van der Waals surface area contributed by atoms with E-state index in [1.54, 1.807) is 19.0 Å². The van der Waals surface area contributed by atoms with Gasteiger partial charge in [-0.2, -0.15) is 0 Å². The highest BCUT2D eigenvalue weighted by Gasteiger charge is 2.50. The Morgan fingerprint density at radius 3 is 2.20 bits per heavy atom. The first-order valence-corrected chi connectivity index (χ1v) is 10.1. The Kier molecular flexibility index (Phi) is 4.52. The van der Waals surface area contributed by atoms with Crippen LogP contribution in [-0.4, -0.2) is 30.1 Å². The third kappa shape index (κ3) is 3.31. The fourth-order valence-corrected chi connectivity index (χ4v) is 6.16. The van der Waals surface area contributed by atoms with Gasteiger partial charge in [0.2, 0.25) is 5.91 Å². The molecule has 1 N–H and O–H groups in total. The second kappa shape index (κ2) is 6.67. The largest absolute Gasteiger partial charge is 0.339 e. The average molecular weight is 359 g/mol. The number of rotatable bonds is 3. The molecule has 4 aliphatic rings. The Bertz CT molecular complexity index is 660. The van der Waals surface area contributed by atoms with Crippen LogP contribution in [0.5, 0.6) is 0 Å². The SMILES string of the molecule is CN(C)C(=O)Sc1ccccc1NC(=O)C1C2CC3CC(C2)CC1C3. The van der Waals surface area contributed by atoms with Crippen LogP contribution in [0, 0.1) is 29.6 Å². The number of carbonyl (C=O) groups excluding carboxylic acids is 2. The van der Waals surface area contributed by atoms with Gasteiger partial charge in [-0.15, -0.1) is 0 Å². The molecule has 0 saturated heterocycles. The zero-order chi connectivity index (χ0) is 17.6. The molecule has 5 rings (SSSR count). The molecule has 4 aliphatic carbocycles. The summed E-state index contributed by atoms with van der Waals surface area (Å²) in [7, 11) is 3.48. The summed E-state index contributed by atoms with van der Waals surface area (Å²) in [5.41, 5.74) is 0.765. The predicted molar refractivity (Wildman–Crippen MR) is 101 cm³/mol. The monoisotopic (exact) mass is 358 g/mol. The number of nitrogens with one attached hydrogen (secondary N) is 1. The van der Waals surface area contributed by atoms with Crippen LogP contribution in [0.1, 0.15) is 32.1 Å². The number of anilines is 1. The number of nitrogens with zero attached hydrogens (tertiary/aromatic N) is 1. The highest BCUT2D eigenvalue weighted by atomic mass is 32.2. The van der Waals surface area contributed by atoms with E-state index in [2.05, 4.69) is 5.32 Å². The van der Waals surface area contributed by atoms with E-state index in [1.165, 1.54) is 43.9 Å². The van der Waals surface area contributed by atoms with Crippen molar-refractivity contribution in [3.63, 3.8) is 0 Å². The smallest absolute Gasteiger partial charge is 0.286 e. The van der Waals surface area contributed by atoms with Crippen molar-refractivity contribution in [2.75, 3.05) is 19.4 Å². The predicted octanol–water partition coefficient (Wildman–Crippen LogP) is 4.47. The van der Waals surface area contributed by atoms with Crippen LogP contribution in [0.4, 0.5) is 10.5 Å². The van der Waals surface area contributed by atoms with Crippen LogP contribution in [0.2, 0.25) is 0 Å². The second-order valence-corrected chi connectivity index (χ2v) is 9.20. The fourth-order valence-electron chi connectivity index (χ4n) is 5.41. The highest BCUT2D eigenvalue weighted by Crippen LogP contribution is 2.56. The first-order valence-electron chi connectivity index (χ1n) is 9.30. The van der Waals surface area contributed by atoms with E-state index >= 15 is 0 Å². The molecule has 0 atom stereocenters. The summed E-state index contributed by atoms with van der Waals surface area (Å²) < 4.78 is 0. The Morgan fingerprint density at radius 2 is 1.60 bits per heavy atom. The van der Waals surface area contributed by atoms with E-state index < -0.39 is 0 Å².